The fraction of sp³-hybridized carbons (Fsp3) is 0.250. The normalized spacial score (nSPS) is 11.1. The smallest absolute Gasteiger partial charge is 0.150 e. The Labute approximate surface area is 105 Å². The topological polar surface area (TPSA) is 69.9 Å². The molecule has 0 unspecified atom stereocenters. The van der Waals surface area contributed by atoms with E-state index in [2.05, 4.69) is 4.98 Å². The summed E-state index contributed by atoms with van der Waals surface area (Å²) in [5, 5.41) is 0.618. The lowest BCUT2D eigenvalue weighted by Crippen LogP contribution is -2.16. The van der Waals surface area contributed by atoms with Crippen LogP contribution in [0.3, 0.4) is 0 Å². The summed E-state index contributed by atoms with van der Waals surface area (Å²) in [6.45, 7) is 4.03. The third-order valence-corrected chi connectivity index (χ3v) is 2.95. The summed E-state index contributed by atoms with van der Waals surface area (Å²) in [5.74, 6) is 7.26. The lowest BCUT2D eigenvalue weighted by Gasteiger charge is -2.04. The van der Waals surface area contributed by atoms with E-state index in [0.717, 1.165) is 11.4 Å². The van der Waals surface area contributed by atoms with Crippen LogP contribution in [0.5, 0.6) is 0 Å². The van der Waals surface area contributed by atoms with Crippen LogP contribution in [-0.4, -0.2) is 9.66 Å². The van der Waals surface area contributed by atoms with Crippen LogP contribution >= 0.6 is 11.6 Å². The van der Waals surface area contributed by atoms with Crippen molar-refractivity contribution in [1.29, 1.82) is 0 Å². The Kier molecular flexibility index (Phi) is 2.98. The lowest BCUT2D eigenvalue weighted by molar-refractivity contribution is 0.739. The van der Waals surface area contributed by atoms with Gasteiger partial charge in [-0.2, -0.15) is 0 Å². The van der Waals surface area contributed by atoms with E-state index in [0.29, 0.717) is 16.5 Å². The molecular weight excluding hydrogens is 236 g/mol. The van der Waals surface area contributed by atoms with Gasteiger partial charge in [-0.05, 0) is 6.07 Å². The average molecular weight is 251 g/mol. The maximum absolute atomic E-state index is 6.13. The molecule has 1 aromatic carbocycles. The van der Waals surface area contributed by atoms with Crippen molar-refractivity contribution in [1.82, 2.24) is 9.66 Å². The van der Waals surface area contributed by atoms with Gasteiger partial charge >= 0.3 is 0 Å². The van der Waals surface area contributed by atoms with Crippen molar-refractivity contribution in [2.45, 2.75) is 19.8 Å². The molecule has 0 spiro atoms. The first-order valence-electron chi connectivity index (χ1n) is 5.40. The number of aromatic nitrogens is 2. The van der Waals surface area contributed by atoms with E-state index in [1.165, 1.54) is 4.68 Å². The van der Waals surface area contributed by atoms with Gasteiger partial charge in [0.1, 0.15) is 11.5 Å². The molecule has 0 amide bonds. The van der Waals surface area contributed by atoms with Crippen molar-refractivity contribution < 1.29 is 0 Å². The summed E-state index contributed by atoms with van der Waals surface area (Å²) in [5.41, 5.74) is 7.40. The second-order valence-electron chi connectivity index (χ2n) is 4.21. The van der Waals surface area contributed by atoms with Crippen LogP contribution in [0, 0.1) is 0 Å². The van der Waals surface area contributed by atoms with Gasteiger partial charge in [0.05, 0.1) is 5.02 Å². The molecule has 0 aliphatic carbocycles. The Hall–Kier alpha value is -1.68. The fourth-order valence-corrected chi connectivity index (χ4v) is 1.95. The molecule has 4 nitrogen and oxygen atoms in total. The zero-order valence-corrected chi connectivity index (χ0v) is 10.6. The van der Waals surface area contributed by atoms with Crippen molar-refractivity contribution in [2.75, 3.05) is 11.6 Å². The maximum atomic E-state index is 6.13. The second-order valence-corrected chi connectivity index (χ2v) is 4.62. The summed E-state index contributed by atoms with van der Waals surface area (Å²) >= 11 is 6.13. The van der Waals surface area contributed by atoms with Crippen LogP contribution in [0.25, 0.3) is 11.3 Å². The molecular formula is C12H15ClN4. The van der Waals surface area contributed by atoms with E-state index < -0.39 is 0 Å². The number of hydrogen-bond donors (Lipinski definition) is 2. The molecule has 0 bridgehead atoms. The molecule has 0 aliphatic rings. The third-order valence-electron chi connectivity index (χ3n) is 2.62. The van der Waals surface area contributed by atoms with E-state index in [-0.39, 0.29) is 5.92 Å². The summed E-state index contributed by atoms with van der Waals surface area (Å²) < 4.78 is 1.42. The van der Waals surface area contributed by atoms with Gasteiger partial charge in [-0.3, -0.25) is 0 Å². The minimum Gasteiger partial charge on any atom is -0.382 e. The van der Waals surface area contributed by atoms with Gasteiger partial charge in [0.25, 0.3) is 0 Å². The number of halogens is 1. The third kappa shape index (κ3) is 1.96. The number of imidazole rings is 1. The summed E-state index contributed by atoms with van der Waals surface area (Å²) in [6, 6.07) is 7.45. The molecule has 0 saturated heterocycles. The number of nitrogens with two attached hydrogens (primary N) is 2. The van der Waals surface area contributed by atoms with Crippen molar-refractivity contribution in [3.63, 3.8) is 0 Å². The maximum Gasteiger partial charge on any atom is 0.150 e. The molecule has 0 saturated carbocycles. The molecule has 0 radical (unpaired) electrons. The SMILES string of the molecule is CC(C)c1nc(-c2ccccc2Cl)c(N)n1N. The Bertz CT molecular complexity index is 545. The standard InChI is InChI=1S/C12H15ClN4/c1-7(2)12-16-10(11(14)17(12)15)8-5-3-4-6-9(8)13/h3-7H,14-15H2,1-2H3. The quantitative estimate of drug-likeness (QED) is 0.805. The number of nitrogen functional groups attached to an aromatic ring is 2. The van der Waals surface area contributed by atoms with E-state index in [9.17, 15) is 0 Å². The summed E-state index contributed by atoms with van der Waals surface area (Å²) in [6.07, 6.45) is 0. The van der Waals surface area contributed by atoms with E-state index >= 15 is 0 Å². The minimum atomic E-state index is 0.207. The molecule has 90 valence electrons. The van der Waals surface area contributed by atoms with E-state index in [1.54, 1.807) is 6.07 Å². The number of anilines is 1. The molecule has 0 atom stereocenters. The van der Waals surface area contributed by atoms with E-state index in [4.69, 9.17) is 23.2 Å². The zero-order valence-electron chi connectivity index (χ0n) is 9.81. The second kappa shape index (κ2) is 4.30. The minimum absolute atomic E-state index is 0.207. The largest absolute Gasteiger partial charge is 0.382 e. The highest BCUT2D eigenvalue weighted by molar-refractivity contribution is 6.33. The highest BCUT2D eigenvalue weighted by Gasteiger charge is 2.17. The summed E-state index contributed by atoms with van der Waals surface area (Å²) in [7, 11) is 0. The molecule has 17 heavy (non-hydrogen) atoms. The number of benzene rings is 1. The average Bonchev–Trinajstić information content (AvgIpc) is 2.57. The first kappa shape index (κ1) is 11.8. The molecule has 0 fully saturated rings. The highest BCUT2D eigenvalue weighted by atomic mass is 35.5. The van der Waals surface area contributed by atoms with Gasteiger partial charge in [0, 0.05) is 11.5 Å². The predicted octanol–water partition coefficient (Wildman–Crippen LogP) is 2.62. The van der Waals surface area contributed by atoms with Crippen LogP contribution in [0.15, 0.2) is 24.3 Å². The number of hydrogen-bond acceptors (Lipinski definition) is 3. The highest BCUT2D eigenvalue weighted by Crippen LogP contribution is 2.32. The first-order chi connectivity index (χ1) is 8.02. The van der Waals surface area contributed by atoms with Crippen LogP contribution in [0.4, 0.5) is 5.82 Å². The van der Waals surface area contributed by atoms with Crippen LogP contribution in [0.1, 0.15) is 25.6 Å². The fourth-order valence-electron chi connectivity index (χ4n) is 1.72. The van der Waals surface area contributed by atoms with Gasteiger partial charge in [-0.25, -0.2) is 9.66 Å². The van der Waals surface area contributed by atoms with E-state index in [1.807, 2.05) is 32.0 Å². The Morgan fingerprint density at radius 2 is 1.94 bits per heavy atom. The molecule has 2 aromatic rings. The van der Waals surface area contributed by atoms with Gasteiger partial charge in [0.15, 0.2) is 5.82 Å². The van der Waals surface area contributed by atoms with Crippen LogP contribution in [0.2, 0.25) is 5.02 Å². The molecule has 0 aliphatic heterocycles. The first-order valence-corrected chi connectivity index (χ1v) is 5.78. The number of nitrogens with zero attached hydrogens (tertiary/aromatic N) is 2. The molecule has 2 rings (SSSR count). The summed E-state index contributed by atoms with van der Waals surface area (Å²) in [4.78, 5) is 4.47. The Morgan fingerprint density at radius 1 is 1.29 bits per heavy atom. The predicted molar refractivity (Wildman–Crippen MR) is 71.3 cm³/mol. The Morgan fingerprint density at radius 3 is 2.47 bits per heavy atom. The van der Waals surface area contributed by atoms with Crippen LogP contribution in [-0.2, 0) is 0 Å². The molecule has 1 aromatic heterocycles. The molecule has 1 heterocycles. The molecule has 5 heteroatoms. The lowest BCUT2D eigenvalue weighted by atomic mass is 10.1. The zero-order chi connectivity index (χ0) is 12.6. The monoisotopic (exact) mass is 250 g/mol. The number of rotatable bonds is 2. The van der Waals surface area contributed by atoms with Gasteiger partial charge in [-0.15, -0.1) is 0 Å². The van der Waals surface area contributed by atoms with Crippen LogP contribution < -0.4 is 11.6 Å². The van der Waals surface area contributed by atoms with Crippen molar-refractivity contribution >= 4 is 17.4 Å². The van der Waals surface area contributed by atoms with Gasteiger partial charge in [-0.1, -0.05) is 43.6 Å². The Balaban J connectivity index is 2.61. The van der Waals surface area contributed by atoms with Gasteiger partial charge in [0.2, 0.25) is 0 Å². The van der Waals surface area contributed by atoms with Crippen molar-refractivity contribution in [3.05, 3.63) is 35.1 Å². The molecule has 4 N–H and O–H groups in total. The van der Waals surface area contributed by atoms with Crippen molar-refractivity contribution in [2.24, 2.45) is 0 Å². The van der Waals surface area contributed by atoms with Crippen molar-refractivity contribution in [3.8, 4) is 11.3 Å². The van der Waals surface area contributed by atoms with Gasteiger partial charge < -0.3 is 11.6 Å².